The van der Waals surface area contributed by atoms with Crippen molar-refractivity contribution in [1.82, 2.24) is 9.80 Å². The van der Waals surface area contributed by atoms with Gasteiger partial charge in [-0.05, 0) is 0 Å². The second-order valence-electron chi connectivity index (χ2n) is 5.08. The number of carbonyl (C=O) groups excluding carboxylic acids is 4. The summed E-state index contributed by atoms with van der Waals surface area (Å²) in [5.41, 5.74) is 0. The Labute approximate surface area is 180 Å². The van der Waals surface area contributed by atoms with Gasteiger partial charge in [0.05, 0.1) is 0 Å². The summed E-state index contributed by atoms with van der Waals surface area (Å²) < 4.78 is 19.2. The van der Waals surface area contributed by atoms with Crippen molar-refractivity contribution in [3.05, 3.63) is 0 Å². The van der Waals surface area contributed by atoms with Gasteiger partial charge in [-0.1, -0.05) is 0 Å². The Morgan fingerprint density at radius 3 is 1.00 bits per heavy atom. The molecule has 0 radical (unpaired) electrons. The van der Waals surface area contributed by atoms with Gasteiger partial charge in [0.25, 0.3) is 0 Å². The first kappa shape index (κ1) is 25.0. The van der Waals surface area contributed by atoms with Crippen molar-refractivity contribution in [2.24, 2.45) is 0 Å². The summed E-state index contributed by atoms with van der Waals surface area (Å²) in [4.78, 5) is 49.2. The van der Waals surface area contributed by atoms with Crippen molar-refractivity contribution in [1.29, 1.82) is 0 Å². The SMILES string of the molecule is O=C(CN(CCCN(CC(=O)[O][GeH3])CC(=O)[O][GeH3])CC(=O)[O][GeH3])[O][GeH3]. The van der Waals surface area contributed by atoms with E-state index in [1.165, 1.54) is 0 Å². The molecule has 10 nitrogen and oxygen atoms in total. The van der Waals surface area contributed by atoms with Crippen molar-refractivity contribution in [3.8, 4) is 0 Å². The third-order valence-corrected chi connectivity index (χ3v) is 7.09. The fraction of sp³-hybridized carbons (Fsp3) is 0.636. The van der Waals surface area contributed by atoms with Gasteiger partial charge >= 0.3 is 181 Å². The molecule has 144 valence electrons. The summed E-state index contributed by atoms with van der Waals surface area (Å²) in [5.74, 6) is -1.48. The van der Waals surface area contributed by atoms with Crippen LogP contribution in [-0.2, 0) is 34.2 Å². The van der Waals surface area contributed by atoms with E-state index in [9.17, 15) is 19.2 Å². The van der Waals surface area contributed by atoms with E-state index in [-0.39, 0.29) is 117 Å². The Balaban J connectivity index is 4.62. The molecule has 0 fully saturated rings. The summed E-state index contributed by atoms with van der Waals surface area (Å²) in [7, 11) is 0. The molecular weight excluding hydrogens is 579 g/mol. The van der Waals surface area contributed by atoms with Crippen LogP contribution in [0.2, 0.25) is 0 Å². The molecule has 25 heavy (non-hydrogen) atoms. The van der Waals surface area contributed by atoms with E-state index in [0.717, 1.165) is 0 Å². The first-order chi connectivity index (χ1) is 11.9. The number of rotatable bonds is 12. The fourth-order valence-electron chi connectivity index (χ4n) is 1.93. The molecule has 0 aromatic rings. The molecule has 14 heteroatoms. The van der Waals surface area contributed by atoms with Crippen molar-refractivity contribution < 1.29 is 34.2 Å². The molecule has 0 aromatic carbocycles. The monoisotopic (exact) mass is 610 g/mol. The molecule has 0 aliphatic carbocycles. The molecule has 0 saturated carbocycles. The predicted octanol–water partition coefficient (Wildman–Crippen LogP) is -6.73. The zero-order chi connectivity index (χ0) is 19.2. The molecular formula is C11H26Ge4N2O8. The summed E-state index contributed by atoms with van der Waals surface area (Å²) in [6.45, 7) is 0.910. The second kappa shape index (κ2) is 15.1. The van der Waals surface area contributed by atoms with E-state index in [0.29, 0.717) is 19.5 Å². The van der Waals surface area contributed by atoms with E-state index in [2.05, 4.69) is 0 Å². The fourth-order valence-corrected chi connectivity index (χ4v) is 3.02. The molecule has 0 bridgehead atoms. The Morgan fingerprint density at radius 2 is 0.800 bits per heavy atom. The summed E-state index contributed by atoms with van der Waals surface area (Å²) >= 11 is -0.210. The van der Waals surface area contributed by atoms with Gasteiger partial charge in [0.2, 0.25) is 0 Å². The third-order valence-electron chi connectivity index (χ3n) is 3.27. The minimum atomic E-state index is -0.371. The van der Waals surface area contributed by atoms with Crippen LogP contribution in [0.4, 0.5) is 0 Å². The summed E-state index contributed by atoms with van der Waals surface area (Å²) in [6.07, 6.45) is 0.549. The zero-order valence-electron chi connectivity index (χ0n) is 15.1. The molecule has 0 spiro atoms. The standard InChI is InChI=1S/C11H26Ge4N2O8/c12-22-8(18)4-16(5-9(19)23-13)2-1-3-17(6-10(20)24-14)7-11(21)25-15/h1-7H2,12-15H3. The number of nitrogens with zero attached hydrogens (tertiary/aromatic N) is 2. The minimum absolute atomic E-state index is 0.0129. The molecule has 0 unspecified atom stereocenters. The third kappa shape index (κ3) is 12.9. The second-order valence-corrected chi connectivity index (χ2v) is 8.51. The summed E-state index contributed by atoms with van der Waals surface area (Å²) in [5, 5.41) is 0. The van der Waals surface area contributed by atoms with Crippen LogP contribution in [0, 0.1) is 0 Å². The quantitative estimate of drug-likeness (QED) is 0.199. The van der Waals surface area contributed by atoms with Gasteiger partial charge in [0.1, 0.15) is 0 Å². The predicted molar refractivity (Wildman–Crippen MR) is 102 cm³/mol. The van der Waals surface area contributed by atoms with Crippen molar-refractivity contribution in [2.75, 3.05) is 39.3 Å². The summed E-state index contributed by atoms with van der Waals surface area (Å²) in [6, 6.07) is 0. The normalized spacial score (nSPS) is 11.0. The zero-order valence-corrected chi connectivity index (χ0v) is 31.9. The van der Waals surface area contributed by atoms with Crippen LogP contribution in [0.5, 0.6) is 0 Å². The van der Waals surface area contributed by atoms with Crippen LogP contribution >= 0.6 is 0 Å². The first-order valence-electron chi connectivity index (χ1n) is 7.58. The number of hydrogen-bond acceptors (Lipinski definition) is 10. The van der Waals surface area contributed by atoms with Crippen molar-refractivity contribution in [2.45, 2.75) is 6.42 Å². The van der Waals surface area contributed by atoms with E-state index in [4.69, 9.17) is 15.1 Å². The maximum absolute atomic E-state index is 11.5. The van der Waals surface area contributed by atoms with Gasteiger partial charge in [-0.25, -0.2) is 0 Å². The van der Waals surface area contributed by atoms with Crippen molar-refractivity contribution >= 4 is 91.3 Å². The Hall–Kier alpha value is -0.0286. The van der Waals surface area contributed by atoms with Gasteiger partial charge in [0, 0.05) is 0 Å². The molecule has 0 saturated heterocycles. The molecule has 0 amide bonds. The molecule has 0 aliphatic rings. The van der Waals surface area contributed by atoms with Crippen molar-refractivity contribution in [3.63, 3.8) is 0 Å². The number of hydrogen-bond donors (Lipinski definition) is 0. The van der Waals surface area contributed by atoms with Gasteiger partial charge in [0.15, 0.2) is 0 Å². The van der Waals surface area contributed by atoms with Gasteiger partial charge in [-0.3, -0.25) is 0 Å². The molecule has 0 aromatic heterocycles. The molecule has 0 rings (SSSR count). The van der Waals surface area contributed by atoms with Crippen LogP contribution in [0.25, 0.3) is 0 Å². The molecule has 0 N–H and O–H groups in total. The average molecular weight is 605 g/mol. The first-order valence-corrected chi connectivity index (χ1v) is 14.4. The Morgan fingerprint density at radius 1 is 0.560 bits per heavy atom. The van der Waals surface area contributed by atoms with E-state index in [1.54, 1.807) is 9.80 Å². The van der Waals surface area contributed by atoms with Gasteiger partial charge < -0.3 is 0 Å². The Kier molecular flexibility index (Phi) is 15.1. The van der Waals surface area contributed by atoms with Gasteiger partial charge in [-0.15, -0.1) is 0 Å². The molecule has 0 atom stereocenters. The van der Waals surface area contributed by atoms with E-state index >= 15 is 0 Å². The van der Waals surface area contributed by atoms with Crippen LogP contribution in [0.3, 0.4) is 0 Å². The van der Waals surface area contributed by atoms with Crippen LogP contribution < -0.4 is 0 Å². The van der Waals surface area contributed by atoms with E-state index < -0.39 is 0 Å². The number of carbonyl (C=O) groups is 4. The maximum atomic E-state index is 11.5. The van der Waals surface area contributed by atoms with Crippen LogP contribution in [0.1, 0.15) is 6.42 Å². The average Bonchev–Trinajstić information content (AvgIpc) is 2.60. The molecule has 0 aliphatic heterocycles. The van der Waals surface area contributed by atoms with Gasteiger partial charge in [-0.2, -0.15) is 0 Å². The topological polar surface area (TPSA) is 112 Å². The Bertz CT molecular complexity index is 391. The molecule has 0 heterocycles. The van der Waals surface area contributed by atoms with Crippen LogP contribution in [-0.4, -0.2) is 140 Å². The van der Waals surface area contributed by atoms with Crippen LogP contribution in [0.15, 0.2) is 0 Å². The van der Waals surface area contributed by atoms with E-state index in [1.807, 2.05) is 0 Å².